The summed E-state index contributed by atoms with van der Waals surface area (Å²) >= 11 is 0. The number of nitrogens with one attached hydrogen (secondary N) is 4. The van der Waals surface area contributed by atoms with E-state index in [2.05, 4.69) is 20.7 Å². The van der Waals surface area contributed by atoms with Gasteiger partial charge in [-0.15, -0.1) is 0 Å². The number of anilines is 3. The molecule has 11 heteroatoms. The number of hydrogen-bond acceptors (Lipinski definition) is 6. The van der Waals surface area contributed by atoms with Crippen LogP contribution in [0.1, 0.15) is 29.1 Å². The molecule has 1 heterocycles. The molecule has 33 heavy (non-hydrogen) atoms. The molecule has 0 aliphatic rings. The minimum atomic E-state index is -3.45. The lowest BCUT2D eigenvalue weighted by Crippen LogP contribution is -2.36. The van der Waals surface area contributed by atoms with Gasteiger partial charge in [-0.3, -0.25) is 19.1 Å². The van der Waals surface area contributed by atoms with E-state index in [1.54, 1.807) is 55.5 Å². The zero-order valence-corrected chi connectivity index (χ0v) is 18.6. The van der Waals surface area contributed by atoms with Crippen LogP contribution in [-0.2, 0) is 19.6 Å². The van der Waals surface area contributed by atoms with E-state index >= 15 is 0 Å². The van der Waals surface area contributed by atoms with Gasteiger partial charge in [-0.25, -0.2) is 8.42 Å². The number of hydrogen-bond donors (Lipinski definition) is 4. The Morgan fingerprint density at radius 3 is 2.18 bits per heavy atom. The molecule has 3 rings (SSSR count). The van der Waals surface area contributed by atoms with Crippen molar-refractivity contribution in [3.63, 3.8) is 0 Å². The smallest absolute Gasteiger partial charge is 0.313 e. The van der Waals surface area contributed by atoms with Gasteiger partial charge in [-0.05, 0) is 55.0 Å². The molecule has 0 aliphatic carbocycles. The highest BCUT2D eigenvalue weighted by atomic mass is 32.2. The maximum absolute atomic E-state index is 12.3. The van der Waals surface area contributed by atoms with Gasteiger partial charge in [0.1, 0.15) is 0 Å². The standard InChI is InChI=1S/C22H22N4O6S/c1-14(15-6-3-9-18(12-15)26-33(2,30)31)23-21(28)22(29)25-17-8-4-7-16(13-17)24-20(27)19-10-5-11-32-19/h3-14,26H,1-2H3,(H,23,28)(H,24,27)(H,25,29)/t14-/m1/s1. The van der Waals surface area contributed by atoms with Crippen molar-refractivity contribution >= 4 is 44.8 Å². The quantitative estimate of drug-likeness (QED) is 0.391. The molecule has 0 unspecified atom stereocenters. The molecule has 0 saturated carbocycles. The van der Waals surface area contributed by atoms with Crippen LogP contribution in [0.25, 0.3) is 0 Å². The fourth-order valence-electron chi connectivity index (χ4n) is 2.89. The Labute approximate surface area is 190 Å². The van der Waals surface area contributed by atoms with Crippen molar-refractivity contribution in [2.45, 2.75) is 13.0 Å². The summed E-state index contributed by atoms with van der Waals surface area (Å²) in [6, 6.07) is 15.3. The van der Waals surface area contributed by atoms with Crippen LogP contribution in [0.2, 0.25) is 0 Å². The molecule has 0 fully saturated rings. The predicted molar refractivity (Wildman–Crippen MR) is 123 cm³/mol. The Balaban J connectivity index is 1.60. The zero-order chi connectivity index (χ0) is 24.0. The van der Waals surface area contributed by atoms with E-state index in [1.165, 1.54) is 18.4 Å². The van der Waals surface area contributed by atoms with Crippen molar-refractivity contribution in [1.29, 1.82) is 0 Å². The van der Waals surface area contributed by atoms with Crippen LogP contribution in [0.4, 0.5) is 17.1 Å². The van der Waals surface area contributed by atoms with Crippen LogP contribution in [0.15, 0.2) is 71.3 Å². The Morgan fingerprint density at radius 2 is 1.52 bits per heavy atom. The van der Waals surface area contributed by atoms with Crippen LogP contribution < -0.4 is 20.7 Å². The topological polar surface area (TPSA) is 147 Å². The van der Waals surface area contributed by atoms with E-state index in [1.807, 2.05) is 0 Å². The SMILES string of the molecule is C[C@@H](NC(=O)C(=O)Nc1cccc(NC(=O)c2ccco2)c1)c1cccc(NS(C)(=O)=O)c1. The van der Waals surface area contributed by atoms with Gasteiger partial charge in [0.2, 0.25) is 10.0 Å². The first-order valence-corrected chi connectivity index (χ1v) is 11.6. The molecule has 1 aromatic heterocycles. The third kappa shape index (κ3) is 6.94. The minimum Gasteiger partial charge on any atom is -0.459 e. The minimum absolute atomic E-state index is 0.133. The van der Waals surface area contributed by atoms with Crippen molar-refractivity contribution in [3.8, 4) is 0 Å². The predicted octanol–water partition coefficient (Wildman–Crippen LogP) is 2.72. The molecule has 2 aromatic carbocycles. The summed E-state index contributed by atoms with van der Waals surface area (Å²) in [4.78, 5) is 36.8. The van der Waals surface area contributed by atoms with E-state index in [0.29, 0.717) is 22.6 Å². The van der Waals surface area contributed by atoms with E-state index < -0.39 is 33.8 Å². The van der Waals surface area contributed by atoms with Crippen LogP contribution >= 0.6 is 0 Å². The van der Waals surface area contributed by atoms with E-state index in [0.717, 1.165) is 6.26 Å². The van der Waals surface area contributed by atoms with Crippen molar-refractivity contribution in [2.75, 3.05) is 21.6 Å². The molecule has 0 saturated heterocycles. The number of carbonyl (C=O) groups is 3. The Morgan fingerprint density at radius 1 is 0.848 bits per heavy atom. The second-order valence-corrected chi connectivity index (χ2v) is 8.91. The summed E-state index contributed by atoms with van der Waals surface area (Å²) in [5.41, 5.74) is 1.65. The average molecular weight is 471 g/mol. The first kappa shape index (κ1) is 23.5. The summed E-state index contributed by atoms with van der Waals surface area (Å²) in [5.74, 6) is -2.10. The van der Waals surface area contributed by atoms with Gasteiger partial charge in [-0.2, -0.15) is 0 Å². The monoisotopic (exact) mass is 470 g/mol. The fraction of sp³-hybridized carbons (Fsp3) is 0.136. The molecule has 0 radical (unpaired) electrons. The molecular formula is C22H22N4O6S. The highest BCUT2D eigenvalue weighted by Gasteiger charge is 2.18. The van der Waals surface area contributed by atoms with Crippen molar-refractivity contribution in [2.24, 2.45) is 0 Å². The highest BCUT2D eigenvalue weighted by Crippen LogP contribution is 2.19. The maximum Gasteiger partial charge on any atom is 0.313 e. The first-order chi connectivity index (χ1) is 15.6. The molecular weight excluding hydrogens is 448 g/mol. The lowest BCUT2D eigenvalue weighted by molar-refractivity contribution is -0.136. The van der Waals surface area contributed by atoms with E-state index in [4.69, 9.17) is 4.42 Å². The summed E-state index contributed by atoms with van der Waals surface area (Å²) in [6.45, 7) is 1.66. The third-order valence-corrected chi connectivity index (χ3v) is 4.97. The number of sulfonamides is 1. The molecule has 0 bridgehead atoms. The van der Waals surface area contributed by atoms with Crippen molar-refractivity contribution in [3.05, 3.63) is 78.3 Å². The van der Waals surface area contributed by atoms with Gasteiger partial charge in [-0.1, -0.05) is 18.2 Å². The van der Waals surface area contributed by atoms with Gasteiger partial charge < -0.3 is 20.4 Å². The number of carbonyl (C=O) groups excluding carboxylic acids is 3. The molecule has 1 atom stereocenters. The normalized spacial score (nSPS) is 11.8. The summed E-state index contributed by atoms with van der Waals surface area (Å²) in [7, 11) is -3.45. The Kier molecular flexibility index (Phi) is 7.13. The second-order valence-electron chi connectivity index (χ2n) is 7.16. The lowest BCUT2D eigenvalue weighted by atomic mass is 10.1. The molecule has 0 spiro atoms. The highest BCUT2D eigenvalue weighted by molar-refractivity contribution is 7.92. The molecule has 3 amide bonds. The number of rotatable bonds is 7. The molecule has 0 aliphatic heterocycles. The maximum atomic E-state index is 12.3. The fourth-order valence-corrected chi connectivity index (χ4v) is 3.45. The number of benzene rings is 2. The van der Waals surface area contributed by atoms with Crippen LogP contribution in [0, 0.1) is 0 Å². The number of furan rings is 1. The van der Waals surface area contributed by atoms with Crippen LogP contribution in [0.5, 0.6) is 0 Å². The summed E-state index contributed by atoms with van der Waals surface area (Å²) < 4.78 is 30.2. The van der Waals surface area contributed by atoms with E-state index in [9.17, 15) is 22.8 Å². The second kappa shape index (κ2) is 10.0. The largest absolute Gasteiger partial charge is 0.459 e. The van der Waals surface area contributed by atoms with Gasteiger partial charge in [0.15, 0.2) is 5.76 Å². The van der Waals surface area contributed by atoms with Crippen LogP contribution in [0.3, 0.4) is 0 Å². The van der Waals surface area contributed by atoms with Crippen molar-refractivity contribution in [1.82, 2.24) is 5.32 Å². The molecule has 4 N–H and O–H groups in total. The van der Waals surface area contributed by atoms with Gasteiger partial charge >= 0.3 is 11.8 Å². The first-order valence-electron chi connectivity index (χ1n) is 9.75. The van der Waals surface area contributed by atoms with Gasteiger partial charge in [0, 0.05) is 17.1 Å². The third-order valence-electron chi connectivity index (χ3n) is 4.37. The summed E-state index contributed by atoms with van der Waals surface area (Å²) in [6.07, 6.45) is 2.41. The molecule has 3 aromatic rings. The van der Waals surface area contributed by atoms with Crippen LogP contribution in [-0.4, -0.2) is 32.4 Å². The molecule has 10 nitrogen and oxygen atoms in total. The van der Waals surface area contributed by atoms with Gasteiger partial charge in [0.25, 0.3) is 5.91 Å². The van der Waals surface area contributed by atoms with Crippen molar-refractivity contribution < 1.29 is 27.2 Å². The average Bonchev–Trinajstić information content (AvgIpc) is 3.28. The summed E-state index contributed by atoms with van der Waals surface area (Å²) in [5, 5.41) is 7.66. The Bertz CT molecular complexity index is 1270. The molecule has 172 valence electrons. The number of amides is 3. The van der Waals surface area contributed by atoms with E-state index in [-0.39, 0.29) is 5.76 Å². The zero-order valence-electron chi connectivity index (χ0n) is 17.8. The Hall–Kier alpha value is -4.12. The van der Waals surface area contributed by atoms with Gasteiger partial charge in [0.05, 0.1) is 18.6 Å². The lowest BCUT2D eigenvalue weighted by Gasteiger charge is -2.15.